The van der Waals surface area contributed by atoms with Gasteiger partial charge in [0.05, 0.1) is 11.2 Å². The third kappa shape index (κ3) is 3.59. The average molecular weight is 396 g/mol. The van der Waals surface area contributed by atoms with E-state index in [0.717, 1.165) is 16.1 Å². The van der Waals surface area contributed by atoms with Crippen molar-refractivity contribution in [2.75, 3.05) is 5.75 Å². The fourth-order valence-corrected chi connectivity index (χ4v) is 5.24. The summed E-state index contributed by atoms with van der Waals surface area (Å²) in [5, 5.41) is -0.182. The van der Waals surface area contributed by atoms with Gasteiger partial charge in [-0.05, 0) is 38.2 Å². The first-order valence-corrected chi connectivity index (χ1v) is 13.3. The lowest BCUT2D eigenvalue weighted by molar-refractivity contribution is -0.147. The number of nitrogens with two attached hydrogens (primary N) is 1. The van der Waals surface area contributed by atoms with E-state index < -0.39 is 20.3 Å². The van der Waals surface area contributed by atoms with Crippen molar-refractivity contribution in [3.05, 3.63) is 33.4 Å². The summed E-state index contributed by atoms with van der Waals surface area (Å²) in [6.45, 7) is 7.77. The molecule has 2 aliphatic rings. The normalized spacial score (nSPS) is 23.7. The number of nitrogens with zero attached hydrogens (tertiary/aromatic N) is 2. The minimum Gasteiger partial charge on any atom is -0.515 e. The second-order valence-electron chi connectivity index (χ2n) is 6.95. The standard InChI is InChI=1S/C16H21N3O3S2Si/c1-9-11(24-8-18-9)6-5-10-7-23-15-12(17)14(20)19(15)13(10)16(21)22-25(2,3)4/h5-6,8,12,15H,7,17H2,1-4H3/b6-5-/t12?,15-/m1/s1. The number of carbonyl (C=O) groups is 2. The molecule has 2 atom stereocenters. The molecule has 1 unspecified atom stereocenters. The average Bonchev–Trinajstić information content (AvgIpc) is 2.94. The van der Waals surface area contributed by atoms with Crippen molar-refractivity contribution < 1.29 is 14.0 Å². The molecule has 2 N–H and O–H groups in total. The summed E-state index contributed by atoms with van der Waals surface area (Å²) in [6.07, 6.45) is 3.83. The van der Waals surface area contributed by atoms with Crippen LogP contribution in [0.2, 0.25) is 19.6 Å². The third-order valence-electron chi connectivity index (χ3n) is 3.85. The predicted octanol–water partition coefficient (Wildman–Crippen LogP) is 2.34. The lowest BCUT2D eigenvalue weighted by Gasteiger charge is -2.48. The molecule has 1 aromatic rings. The van der Waals surface area contributed by atoms with Crippen LogP contribution in [0.1, 0.15) is 10.6 Å². The SMILES string of the molecule is Cc1ncsc1/C=C\C1=C(C(=O)O[Si](C)(C)C)N2C(=O)C(N)[C@H]2SC1. The van der Waals surface area contributed by atoms with Crippen molar-refractivity contribution in [3.8, 4) is 0 Å². The predicted molar refractivity (Wildman–Crippen MR) is 103 cm³/mol. The molecule has 1 saturated heterocycles. The van der Waals surface area contributed by atoms with E-state index in [1.54, 1.807) is 17.3 Å². The highest BCUT2D eigenvalue weighted by atomic mass is 32.2. The highest BCUT2D eigenvalue weighted by Gasteiger charge is 2.52. The molecule has 0 aliphatic carbocycles. The summed E-state index contributed by atoms with van der Waals surface area (Å²) in [6, 6.07) is -0.547. The van der Waals surface area contributed by atoms with Gasteiger partial charge in [0.1, 0.15) is 17.1 Å². The van der Waals surface area contributed by atoms with Crippen LogP contribution in [-0.2, 0) is 14.0 Å². The number of aryl methyl sites for hydroxylation is 1. The van der Waals surface area contributed by atoms with Gasteiger partial charge in [0, 0.05) is 10.6 Å². The molecule has 3 rings (SSSR count). The molecule has 1 amide bonds. The van der Waals surface area contributed by atoms with E-state index in [-0.39, 0.29) is 11.3 Å². The van der Waals surface area contributed by atoms with Crippen LogP contribution >= 0.6 is 23.1 Å². The summed E-state index contributed by atoms with van der Waals surface area (Å²) < 4.78 is 5.66. The molecular weight excluding hydrogens is 374 g/mol. The Labute approximate surface area is 156 Å². The van der Waals surface area contributed by atoms with Gasteiger partial charge in [-0.3, -0.25) is 9.69 Å². The summed E-state index contributed by atoms with van der Waals surface area (Å²) in [4.78, 5) is 31.7. The summed E-state index contributed by atoms with van der Waals surface area (Å²) >= 11 is 3.11. The van der Waals surface area contributed by atoms with Gasteiger partial charge in [0.15, 0.2) is 0 Å². The van der Waals surface area contributed by atoms with Crippen LogP contribution < -0.4 is 5.73 Å². The number of carbonyl (C=O) groups excluding carboxylic acids is 2. The summed E-state index contributed by atoms with van der Waals surface area (Å²) in [5.41, 5.74) is 9.74. The first-order chi connectivity index (χ1) is 11.7. The molecule has 0 aromatic carbocycles. The highest BCUT2D eigenvalue weighted by molar-refractivity contribution is 8.00. The first-order valence-electron chi connectivity index (χ1n) is 7.94. The molecular formula is C16H21N3O3S2Si. The number of amides is 1. The zero-order valence-electron chi connectivity index (χ0n) is 14.6. The maximum Gasteiger partial charge on any atom is 0.342 e. The summed E-state index contributed by atoms with van der Waals surface area (Å²) in [5.74, 6) is -0.0305. The largest absolute Gasteiger partial charge is 0.515 e. The molecule has 3 heterocycles. The quantitative estimate of drug-likeness (QED) is 0.622. The molecule has 0 saturated carbocycles. The van der Waals surface area contributed by atoms with E-state index in [9.17, 15) is 9.59 Å². The zero-order valence-corrected chi connectivity index (χ0v) is 17.2. The van der Waals surface area contributed by atoms with Crippen molar-refractivity contribution in [1.29, 1.82) is 0 Å². The Morgan fingerprint density at radius 3 is 2.76 bits per heavy atom. The van der Waals surface area contributed by atoms with Gasteiger partial charge < -0.3 is 10.2 Å². The lowest BCUT2D eigenvalue weighted by atomic mass is 10.0. The number of thioether (sulfide) groups is 1. The Bertz CT molecular complexity index is 782. The smallest absolute Gasteiger partial charge is 0.342 e. The minimum atomic E-state index is -2.08. The third-order valence-corrected chi connectivity index (χ3v) is 6.87. The maximum atomic E-state index is 12.8. The van der Waals surface area contributed by atoms with E-state index in [2.05, 4.69) is 4.98 Å². The molecule has 1 aromatic heterocycles. The van der Waals surface area contributed by atoms with Crippen LogP contribution in [0.5, 0.6) is 0 Å². The number of thiazole rings is 1. The molecule has 0 bridgehead atoms. The van der Waals surface area contributed by atoms with Gasteiger partial charge >= 0.3 is 5.97 Å². The Balaban J connectivity index is 1.97. The van der Waals surface area contributed by atoms with E-state index in [1.807, 2.05) is 38.7 Å². The van der Waals surface area contributed by atoms with Gasteiger partial charge in [-0.25, -0.2) is 9.78 Å². The van der Waals surface area contributed by atoms with Crippen LogP contribution in [0.25, 0.3) is 6.08 Å². The van der Waals surface area contributed by atoms with E-state index in [4.69, 9.17) is 10.2 Å². The fraction of sp³-hybridized carbons (Fsp3) is 0.438. The van der Waals surface area contributed by atoms with Crippen molar-refractivity contribution in [2.45, 2.75) is 38.0 Å². The number of β-lactam (4-membered cyclic amide) rings is 1. The maximum absolute atomic E-state index is 12.8. The van der Waals surface area contributed by atoms with Crippen molar-refractivity contribution in [1.82, 2.24) is 9.88 Å². The number of allylic oxidation sites excluding steroid dienone is 1. The first kappa shape index (κ1) is 18.4. The number of hydrogen-bond donors (Lipinski definition) is 1. The minimum absolute atomic E-state index is 0.182. The van der Waals surface area contributed by atoms with Crippen LogP contribution in [0.4, 0.5) is 0 Å². The Hall–Kier alpha value is -1.42. The van der Waals surface area contributed by atoms with Crippen molar-refractivity contribution >= 4 is 49.4 Å². The van der Waals surface area contributed by atoms with Gasteiger partial charge in [-0.1, -0.05) is 6.08 Å². The molecule has 1 fully saturated rings. The number of fused-ring (bicyclic) bond motifs is 1. The fourth-order valence-electron chi connectivity index (χ4n) is 2.63. The number of aromatic nitrogens is 1. The molecule has 2 aliphatic heterocycles. The molecule has 6 nitrogen and oxygen atoms in total. The van der Waals surface area contributed by atoms with Crippen LogP contribution in [0.3, 0.4) is 0 Å². The Morgan fingerprint density at radius 2 is 2.16 bits per heavy atom. The molecule has 0 radical (unpaired) electrons. The summed E-state index contributed by atoms with van der Waals surface area (Å²) in [7, 11) is -2.08. The van der Waals surface area contributed by atoms with E-state index in [0.29, 0.717) is 11.4 Å². The number of rotatable bonds is 4. The van der Waals surface area contributed by atoms with Crippen molar-refractivity contribution in [3.63, 3.8) is 0 Å². The van der Waals surface area contributed by atoms with Crippen molar-refractivity contribution in [2.24, 2.45) is 5.73 Å². The van der Waals surface area contributed by atoms with Crippen LogP contribution in [-0.4, -0.2) is 47.2 Å². The van der Waals surface area contributed by atoms with Gasteiger partial charge in [0.2, 0.25) is 14.2 Å². The monoisotopic (exact) mass is 395 g/mol. The molecule has 0 spiro atoms. The molecule has 9 heteroatoms. The second-order valence-corrected chi connectivity index (χ2v) is 13.4. The lowest BCUT2D eigenvalue weighted by Crippen LogP contribution is -2.68. The highest BCUT2D eigenvalue weighted by Crippen LogP contribution is 2.40. The van der Waals surface area contributed by atoms with Gasteiger partial charge in [-0.2, -0.15) is 0 Å². The van der Waals surface area contributed by atoms with E-state index >= 15 is 0 Å². The zero-order chi connectivity index (χ0) is 18.4. The topological polar surface area (TPSA) is 85.5 Å². The van der Waals surface area contributed by atoms with Crippen LogP contribution in [0.15, 0.2) is 22.9 Å². The second kappa shape index (κ2) is 6.71. The molecule has 25 heavy (non-hydrogen) atoms. The van der Waals surface area contributed by atoms with Crippen LogP contribution in [0, 0.1) is 6.92 Å². The molecule has 134 valence electrons. The Kier molecular flexibility index (Phi) is 4.93. The number of hydrogen-bond acceptors (Lipinski definition) is 7. The van der Waals surface area contributed by atoms with E-state index in [1.165, 1.54) is 16.2 Å². The van der Waals surface area contributed by atoms with Gasteiger partial charge in [-0.15, -0.1) is 23.1 Å². The van der Waals surface area contributed by atoms with Gasteiger partial charge in [0.25, 0.3) is 0 Å². The Morgan fingerprint density at radius 1 is 1.44 bits per heavy atom.